The van der Waals surface area contributed by atoms with E-state index in [0.717, 1.165) is 89.4 Å². The van der Waals surface area contributed by atoms with Crippen molar-refractivity contribution in [1.82, 2.24) is 19.9 Å². The number of morpholine rings is 1. The largest absolute Gasteiger partial charge is 0.492 e. The van der Waals surface area contributed by atoms with Crippen LogP contribution in [0.3, 0.4) is 0 Å². The Balaban J connectivity index is 1.31. The molecule has 5 rings (SSSR count). The first-order valence-electron chi connectivity index (χ1n) is 13.9. The second kappa shape index (κ2) is 13.5. The Hall–Kier alpha value is -4.12. The van der Waals surface area contributed by atoms with Gasteiger partial charge < -0.3 is 25.3 Å². The number of rotatable bonds is 11. The Kier molecular flexibility index (Phi) is 9.35. The van der Waals surface area contributed by atoms with E-state index in [2.05, 4.69) is 45.1 Å². The average Bonchev–Trinajstić information content (AvgIpc) is 3.00. The Morgan fingerprint density at radius 2 is 1.93 bits per heavy atom. The van der Waals surface area contributed by atoms with Crippen LogP contribution >= 0.6 is 0 Å². The summed E-state index contributed by atoms with van der Waals surface area (Å²) >= 11 is 0. The van der Waals surface area contributed by atoms with Crippen LogP contribution in [0, 0.1) is 13.8 Å². The molecule has 3 aromatic heterocycles. The molecule has 0 atom stereocenters. The fraction of sp³-hybridized carbons (Fsp3) is 0.355. The number of aromatic nitrogens is 3. The molecule has 4 aromatic rings. The number of nitrogens with one attached hydrogen (secondary N) is 1. The highest BCUT2D eigenvalue weighted by atomic mass is 16.5. The van der Waals surface area contributed by atoms with Gasteiger partial charge in [-0.15, -0.1) is 0 Å². The molecule has 1 saturated heterocycles. The van der Waals surface area contributed by atoms with Crippen LogP contribution in [0.15, 0.2) is 55.1 Å². The Bertz CT molecular complexity index is 1510. The SMILES string of the molecule is Cc1c(Nc2nccc3cc(COC(=O)CN)cnc23)cccc1-c1cncc(OCCCN2CCOCC2)c1C. The minimum atomic E-state index is -0.455. The van der Waals surface area contributed by atoms with Gasteiger partial charge in [-0.2, -0.15) is 0 Å². The summed E-state index contributed by atoms with van der Waals surface area (Å²) in [6, 6.07) is 9.95. The van der Waals surface area contributed by atoms with Crippen LogP contribution in [0.4, 0.5) is 11.5 Å². The van der Waals surface area contributed by atoms with E-state index in [1.165, 1.54) is 0 Å². The number of pyridine rings is 3. The van der Waals surface area contributed by atoms with Gasteiger partial charge in [-0.1, -0.05) is 12.1 Å². The van der Waals surface area contributed by atoms with Crippen molar-refractivity contribution in [2.75, 3.05) is 51.3 Å². The quantitative estimate of drug-likeness (QED) is 0.206. The fourth-order valence-electron chi connectivity index (χ4n) is 4.91. The number of nitrogens with two attached hydrogens (primary N) is 1. The highest BCUT2D eigenvalue weighted by Gasteiger charge is 2.15. The third-order valence-corrected chi connectivity index (χ3v) is 7.25. The molecule has 0 bridgehead atoms. The predicted octanol–water partition coefficient (Wildman–Crippen LogP) is 4.16. The zero-order chi connectivity index (χ0) is 28.6. The van der Waals surface area contributed by atoms with Crippen molar-refractivity contribution in [2.24, 2.45) is 5.73 Å². The molecule has 10 heteroatoms. The Morgan fingerprint density at radius 3 is 2.76 bits per heavy atom. The molecule has 0 spiro atoms. The van der Waals surface area contributed by atoms with Crippen LogP contribution < -0.4 is 15.8 Å². The summed E-state index contributed by atoms with van der Waals surface area (Å²) in [7, 11) is 0. The molecule has 1 fully saturated rings. The number of ether oxygens (including phenoxy) is 3. The van der Waals surface area contributed by atoms with Crippen LogP contribution in [-0.2, 0) is 20.9 Å². The molecule has 0 unspecified atom stereocenters. The van der Waals surface area contributed by atoms with Crippen molar-refractivity contribution in [1.29, 1.82) is 0 Å². The molecule has 0 saturated carbocycles. The second-order valence-corrected chi connectivity index (χ2v) is 10.0. The van der Waals surface area contributed by atoms with Gasteiger partial charge >= 0.3 is 5.97 Å². The molecule has 4 heterocycles. The van der Waals surface area contributed by atoms with E-state index in [1.807, 2.05) is 30.5 Å². The smallest absolute Gasteiger partial charge is 0.320 e. The normalized spacial score (nSPS) is 13.7. The molecule has 3 N–H and O–H groups in total. The van der Waals surface area contributed by atoms with Gasteiger partial charge in [0.1, 0.15) is 17.9 Å². The van der Waals surface area contributed by atoms with Crippen molar-refractivity contribution in [3.63, 3.8) is 0 Å². The van der Waals surface area contributed by atoms with Crippen LogP contribution in [0.2, 0.25) is 0 Å². The number of hydrogen-bond acceptors (Lipinski definition) is 10. The molecule has 0 amide bonds. The van der Waals surface area contributed by atoms with Crippen molar-refractivity contribution >= 4 is 28.4 Å². The number of hydrogen-bond donors (Lipinski definition) is 2. The maximum atomic E-state index is 11.4. The van der Waals surface area contributed by atoms with E-state index in [1.54, 1.807) is 18.6 Å². The van der Waals surface area contributed by atoms with E-state index in [-0.39, 0.29) is 13.2 Å². The van der Waals surface area contributed by atoms with Gasteiger partial charge in [-0.3, -0.25) is 19.7 Å². The lowest BCUT2D eigenvalue weighted by Gasteiger charge is -2.26. The van der Waals surface area contributed by atoms with E-state index < -0.39 is 5.97 Å². The van der Waals surface area contributed by atoms with E-state index in [4.69, 9.17) is 19.9 Å². The number of carbonyl (C=O) groups is 1. The van der Waals surface area contributed by atoms with E-state index in [0.29, 0.717) is 12.4 Å². The molecule has 1 aromatic carbocycles. The summed E-state index contributed by atoms with van der Waals surface area (Å²) in [6.07, 6.45) is 8.05. The van der Waals surface area contributed by atoms with E-state index in [9.17, 15) is 4.79 Å². The minimum Gasteiger partial charge on any atom is -0.492 e. The second-order valence-electron chi connectivity index (χ2n) is 10.0. The van der Waals surface area contributed by atoms with Crippen LogP contribution in [0.5, 0.6) is 5.75 Å². The summed E-state index contributed by atoms with van der Waals surface area (Å²) in [4.78, 5) is 27.5. The lowest BCUT2D eigenvalue weighted by Crippen LogP contribution is -2.37. The lowest BCUT2D eigenvalue weighted by molar-refractivity contribution is -0.143. The Morgan fingerprint density at radius 1 is 1.07 bits per heavy atom. The fourth-order valence-corrected chi connectivity index (χ4v) is 4.91. The van der Waals surface area contributed by atoms with Crippen LogP contribution in [-0.4, -0.2) is 71.8 Å². The molecule has 1 aliphatic heterocycles. The maximum Gasteiger partial charge on any atom is 0.320 e. The maximum absolute atomic E-state index is 11.4. The molecular formula is C31H36N6O4. The number of anilines is 2. The first-order valence-corrected chi connectivity index (χ1v) is 13.9. The van der Waals surface area contributed by atoms with Crippen molar-refractivity contribution in [2.45, 2.75) is 26.9 Å². The van der Waals surface area contributed by atoms with Crippen molar-refractivity contribution in [3.8, 4) is 16.9 Å². The summed E-state index contributed by atoms with van der Waals surface area (Å²) in [5.74, 6) is 0.986. The third-order valence-electron chi connectivity index (χ3n) is 7.25. The lowest BCUT2D eigenvalue weighted by atomic mass is 9.97. The molecule has 1 aliphatic rings. The van der Waals surface area contributed by atoms with Gasteiger partial charge in [0, 0.05) is 66.0 Å². The topological polar surface area (TPSA) is 125 Å². The monoisotopic (exact) mass is 556 g/mol. The van der Waals surface area contributed by atoms with Crippen molar-refractivity contribution in [3.05, 3.63) is 71.8 Å². The van der Waals surface area contributed by atoms with Gasteiger partial charge in [0.25, 0.3) is 0 Å². The average molecular weight is 557 g/mol. The third kappa shape index (κ3) is 6.97. The predicted molar refractivity (Wildman–Crippen MR) is 158 cm³/mol. The van der Waals surface area contributed by atoms with Gasteiger partial charge in [0.05, 0.1) is 32.6 Å². The summed E-state index contributed by atoms with van der Waals surface area (Å²) in [5, 5.41) is 4.36. The van der Waals surface area contributed by atoms with Crippen LogP contribution in [0.1, 0.15) is 23.1 Å². The minimum absolute atomic E-state index is 0.120. The summed E-state index contributed by atoms with van der Waals surface area (Å²) in [6.45, 7) is 9.35. The first kappa shape index (κ1) is 28.4. The first-order chi connectivity index (χ1) is 20.0. The highest BCUT2D eigenvalue weighted by Crippen LogP contribution is 2.35. The molecule has 0 radical (unpaired) electrons. The molecular weight excluding hydrogens is 520 g/mol. The molecule has 41 heavy (non-hydrogen) atoms. The molecule has 214 valence electrons. The molecule has 10 nitrogen and oxygen atoms in total. The van der Waals surface area contributed by atoms with Gasteiger partial charge in [-0.05, 0) is 49.6 Å². The number of benzene rings is 1. The molecule has 0 aliphatic carbocycles. The van der Waals surface area contributed by atoms with Crippen LogP contribution in [0.25, 0.3) is 22.0 Å². The van der Waals surface area contributed by atoms with Crippen molar-refractivity contribution < 1.29 is 19.0 Å². The number of esters is 1. The summed E-state index contributed by atoms with van der Waals surface area (Å²) < 4.78 is 16.7. The van der Waals surface area contributed by atoms with Gasteiger partial charge in [-0.25, -0.2) is 4.98 Å². The highest BCUT2D eigenvalue weighted by molar-refractivity contribution is 5.91. The Labute approximate surface area is 239 Å². The van der Waals surface area contributed by atoms with Gasteiger partial charge in [0.2, 0.25) is 0 Å². The number of fused-ring (bicyclic) bond motifs is 1. The zero-order valence-electron chi connectivity index (χ0n) is 23.6. The number of nitrogens with zero attached hydrogens (tertiary/aromatic N) is 4. The standard InChI is InChI=1S/C31H36N6O4/c1-21-25(26-18-33-19-28(22(26)2)40-12-4-9-37-10-13-39-14-11-37)5-3-6-27(21)36-31-30-24(7-8-34-31)15-23(17-35-30)20-41-29(38)16-32/h3,5-8,15,17-19H,4,9-14,16,20,32H2,1-2H3,(H,34,36). The van der Waals surface area contributed by atoms with E-state index >= 15 is 0 Å². The number of carbonyl (C=O) groups excluding carboxylic acids is 1. The van der Waals surface area contributed by atoms with Gasteiger partial charge in [0.15, 0.2) is 5.82 Å². The summed E-state index contributed by atoms with van der Waals surface area (Å²) in [5.41, 5.74) is 11.9. The zero-order valence-corrected chi connectivity index (χ0v) is 23.6.